The summed E-state index contributed by atoms with van der Waals surface area (Å²) in [6.45, 7) is 4.16. The molecule has 1 aliphatic heterocycles. The molecule has 1 aromatic rings. The van der Waals surface area contributed by atoms with Crippen LogP contribution in [0.25, 0.3) is 0 Å². The molecular weight excluding hydrogens is 320 g/mol. The van der Waals surface area contributed by atoms with Crippen LogP contribution in [0.4, 0.5) is 0 Å². The molecule has 20 heavy (non-hydrogen) atoms. The lowest BCUT2D eigenvalue weighted by Crippen LogP contribution is -2.38. The SMILES string of the molecule is CNCC1CCCN(Cc2ccc(C(=O)O)cc2Br)C1. The number of halogens is 1. The second kappa shape index (κ2) is 7.20. The van der Waals surface area contributed by atoms with E-state index < -0.39 is 5.97 Å². The van der Waals surface area contributed by atoms with Crippen molar-refractivity contribution in [1.82, 2.24) is 10.2 Å². The minimum atomic E-state index is -0.885. The van der Waals surface area contributed by atoms with E-state index in [1.165, 1.54) is 12.8 Å². The van der Waals surface area contributed by atoms with Gasteiger partial charge in [0.1, 0.15) is 0 Å². The Morgan fingerprint density at radius 2 is 2.35 bits per heavy atom. The van der Waals surface area contributed by atoms with Gasteiger partial charge in [0.2, 0.25) is 0 Å². The number of nitrogens with zero attached hydrogens (tertiary/aromatic N) is 1. The molecule has 2 rings (SSSR count). The highest BCUT2D eigenvalue weighted by atomic mass is 79.9. The van der Waals surface area contributed by atoms with Crippen LogP contribution in [0.15, 0.2) is 22.7 Å². The molecule has 1 aromatic carbocycles. The van der Waals surface area contributed by atoms with Crippen LogP contribution in [-0.2, 0) is 6.54 Å². The summed E-state index contributed by atoms with van der Waals surface area (Å²) in [6, 6.07) is 5.28. The molecule has 1 atom stereocenters. The minimum absolute atomic E-state index is 0.326. The van der Waals surface area contributed by atoms with E-state index >= 15 is 0 Å². The molecule has 1 fully saturated rings. The molecule has 5 heteroatoms. The van der Waals surface area contributed by atoms with Crippen molar-refractivity contribution in [2.24, 2.45) is 5.92 Å². The van der Waals surface area contributed by atoms with Crippen molar-refractivity contribution in [2.75, 3.05) is 26.7 Å². The van der Waals surface area contributed by atoms with Crippen molar-refractivity contribution in [3.05, 3.63) is 33.8 Å². The van der Waals surface area contributed by atoms with Crippen LogP contribution in [0.1, 0.15) is 28.8 Å². The van der Waals surface area contributed by atoms with Crippen LogP contribution < -0.4 is 5.32 Å². The molecule has 0 saturated carbocycles. The fourth-order valence-electron chi connectivity index (χ4n) is 2.80. The molecule has 0 radical (unpaired) electrons. The Morgan fingerprint density at radius 1 is 1.55 bits per heavy atom. The first-order chi connectivity index (χ1) is 9.60. The third-order valence-electron chi connectivity index (χ3n) is 3.79. The van der Waals surface area contributed by atoms with E-state index in [4.69, 9.17) is 5.11 Å². The van der Waals surface area contributed by atoms with Gasteiger partial charge in [0, 0.05) is 17.6 Å². The number of aromatic carboxylic acids is 1. The maximum Gasteiger partial charge on any atom is 0.335 e. The van der Waals surface area contributed by atoms with Gasteiger partial charge in [0.05, 0.1) is 5.56 Å². The number of rotatable bonds is 5. The van der Waals surface area contributed by atoms with Gasteiger partial charge in [0.15, 0.2) is 0 Å². The predicted molar refractivity (Wildman–Crippen MR) is 83.0 cm³/mol. The number of benzene rings is 1. The van der Waals surface area contributed by atoms with Crippen LogP contribution in [0, 0.1) is 5.92 Å². The van der Waals surface area contributed by atoms with E-state index in [2.05, 4.69) is 26.1 Å². The Labute approximate surface area is 128 Å². The molecule has 0 spiro atoms. The van der Waals surface area contributed by atoms with E-state index in [0.717, 1.165) is 36.2 Å². The molecule has 4 nitrogen and oxygen atoms in total. The maximum absolute atomic E-state index is 10.9. The van der Waals surface area contributed by atoms with Crippen molar-refractivity contribution >= 4 is 21.9 Å². The summed E-state index contributed by atoms with van der Waals surface area (Å²) in [5.41, 5.74) is 1.48. The van der Waals surface area contributed by atoms with Crippen LogP contribution in [0.3, 0.4) is 0 Å². The summed E-state index contributed by atoms with van der Waals surface area (Å²) in [5, 5.41) is 12.2. The molecule has 0 aromatic heterocycles. The van der Waals surface area contributed by atoms with Crippen molar-refractivity contribution in [3.63, 3.8) is 0 Å². The summed E-state index contributed by atoms with van der Waals surface area (Å²) in [7, 11) is 2.00. The van der Waals surface area contributed by atoms with Crippen LogP contribution in [0.2, 0.25) is 0 Å². The standard InChI is InChI=1S/C15H21BrN2O2/c1-17-8-11-3-2-6-18(9-11)10-13-5-4-12(15(19)20)7-14(13)16/h4-5,7,11,17H,2-3,6,8-10H2,1H3,(H,19,20). The number of carboxylic acids is 1. The van der Waals surface area contributed by atoms with Gasteiger partial charge in [-0.15, -0.1) is 0 Å². The van der Waals surface area contributed by atoms with Gasteiger partial charge < -0.3 is 10.4 Å². The number of nitrogens with one attached hydrogen (secondary N) is 1. The highest BCUT2D eigenvalue weighted by Gasteiger charge is 2.20. The third kappa shape index (κ3) is 4.04. The molecular formula is C15H21BrN2O2. The van der Waals surface area contributed by atoms with E-state index in [0.29, 0.717) is 11.5 Å². The van der Waals surface area contributed by atoms with E-state index in [-0.39, 0.29) is 0 Å². The van der Waals surface area contributed by atoms with Crippen LogP contribution in [-0.4, -0.2) is 42.7 Å². The second-order valence-electron chi connectivity index (χ2n) is 5.41. The lowest BCUT2D eigenvalue weighted by molar-refractivity contribution is 0.0697. The van der Waals surface area contributed by atoms with Crippen molar-refractivity contribution in [3.8, 4) is 0 Å². The fourth-order valence-corrected chi connectivity index (χ4v) is 3.30. The highest BCUT2D eigenvalue weighted by molar-refractivity contribution is 9.10. The summed E-state index contributed by atoms with van der Waals surface area (Å²) in [6.07, 6.45) is 2.52. The van der Waals surface area contributed by atoms with Crippen molar-refractivity contribution in [1.29, 1.82) is 0 Å². The Morgan fingerprint density at radius 3 is 3.00 bits per heavy atom. The van der Waals surface area contributed by atoms with E-state index in [1.807, 2.05) is 13.1 Å². The first-order valence-corrected chi connectivity index (χ1v) is 7.78. The molecule has 0 amide bonds. The van der Waals surface area contributed by atoms with E-state index in [1.54, 1.807) is 12.1 Å². The summed E-state index contributed by atoms with van der Waals surface area (Å²) in [4.78, 5) is 13.4. The number of carboxylic acid groups (broad SMARTS) is 1. The normalized spacial score (nSPS) is 20.0. The number of carbonyl (C=O) groups is 1. The van der Waals surface area contributed by atoms with Gasteiger partial charge >= 0.3 is 5.97 Å². The predicted octanol–water partition coefficient (Wildman–Crippen LogP) is 2.58. The first kappa shape index (κ1) is 15.5. The van der Waals surface area contributed by atoms with Crippen LogP contribution in [0.5, 0.6) is 0 Å². The quantitative estimate of drug-likeness (QED) is 0.864. The zero-order valence-corrected chi connectivity index (χ0v) is 13.3. The van der Waals surface area contributed by atoms with Crippen LogP contribution >= 0.6 is 15.9 Å². The molecule has 1 heterocycles. The van der Waals surface area contributed by atoms with Gasteiger partial charge in [-0.05, 0) is 56.6 Å². The fraction of sp³-hybridized carbons (Fsp3) is 0.533. The van der Waals surface area contributed by atoms with Gasteiger partial charge in [0.25, 0.3) is 0 Å². The Hall–Kier alpha value is -0.910. The van der Waals surface area contributed by atoms with Crippen molar-refractivity contribution < 1.29 is 9.90 Å². The number of hydrogen-bond donors (Lipinski definition) is 2. The lowest BCUT2D eigenvalue weighted by atomic mass is 9.97. The van der Waals surface area contributed by atoms with Gasteiger partial charge in [-0.3, -0.25) is 4.90 Å². The third-order valence-corrected chi connectivity index (χ3v) is 4.53. The second-order valence-corrected chi connectivity index (χ2v) is 6.27. The van der Waals surface area contributed by atoms with E-state index in [9.17, 15) is 4.79 Å². The zero-order chi connectivity index (χ0) is 14.5. The topological polar surface area (TPSA) is 52.6 Å². The smallest absolute Gasteiger partial charge is 0.335 e. The number of likely N-dealkylation sites (tertiary alicyclic amines) is 1. The summed E-state index contributed by atoms with van der Waals surface area (Å²) >= 11 is 3.49. The average Bonchev–Trinajstić information content (AvgIpc) is 2.42. The zero-order valence-electron chi connectivity index (χ0n) is 11.7. The Balaban J connectivity index is 2.00. The Kier molecular flexibility index (Phi) is 5.57. The van der Waals surface area contributed by atoms with Gasteiger partial charge in [-0.25, -0.2) is 4.79 Å². The maximum atomic E-state index is 10.9. The Bertz CT molecular complexity index is 477. The van der Waals surface area contributed by atoms with Gasteiger partial charge in [-0.1, -0.05) is 22.0 Å². The average molecular weight is 341 g/mol. The monoisotopic (exact) mass is 340 g/mol. The number of piperidine rings is 1. The highest BCUT2D eigenvalue weighted by Crippen LogP contribution is 2.23. The summed E-state index contributed by atoms with van der Waals surface area (Å²) < 4.78 is 0.883. The van der Waals surface area contributed by atoms with Gasteiger partial charge in [-0.2, -0.15) is 0 Å². The molecule has 0 aliphatic carbocycles. The lowest BCUT2D eigenvalue weighted by Gasteiger charge is -2.32. The minimum Gasteiger partial charge on any atom is -0.478 e. The molecule has 1 saturated heterocycles. The molecule has 1 unspecified atom stereocenters. The van der Waals surface area contributed by atoms with Crippen molar-refractivity contribution in [2.45, 2.75) is 19.4 Å². The molecule has 1 aliphatic rings. The largest absolute Gasteiger partial charge is 0.478 e. The number of hydrogen-bond acceptors (Lipinski definition) is 3. The first-order valence-electron chi connectivity index (χ1n) is 6.99. The molecule has 2 N–H and O–H groups in total. The summed E-state index contributed by atoms with van der Waals surface area (Å²) in [5.74, 6) is -0.171. The molecule has 110 valence electrons. The molecule has 0 bridgehead atoms.